The summed E-state index contributed by atoms with van der Waals surface area (Å²) in [7, 11) is 1.11. The van der Waals surface area contributed by atoms with Crippen molar-refractivity contribution in [1.82, 2.24) is 4.98 Å². The zero-order valence-electron chi connectivity index (χ0n) is 11.8. The van der Waals surface area contributed by atoms with Gasteiger partial charge in [0.1, 0.15) is 5.75 Å². The number of hydrogen-bond donors (Lipinski definition) is 1. The van der Waals surface area contributed by atoms with E-state index in [2.05, 4.69) is 4.98 Å². The Morgan fingerprint density at radius 3 is 2.17 bits per heavy atom. The van der Waals surface area contributed by atoms with Crippen molar-refractivity contribution < 1.29 is 31.8 Å². The Balaban J connectivity index is 2.82. The normalized spacial score (nSPS) is 15.1. The number of hydrogen-bond acceptors (Lipinski definition) is 3. The lowest BCUT2D eigenvalue weighted by Crippen LogP contribution is -2.55. The minimum absolute atomic E-state index is 0.303. The Labute approximate surface area is 128 Å². The monoisotopic (exact) mass is 333 g/mol. The van der Waals surface area contributed by atoms with Gasteiger partial charge in [-0.1, -0.05) is 24.3 Å². The number of aliphatic hydroxyl groups is 1. The van der Waals surface area contributed by atoms with E-state index in [1.807, 2.05) is 0 Å². The van der Waals surface area contributed by atoms with Crippen LogP contribution >= 0.6 is 0 Å². The molecule has 0 aliphatic rings. The van der Waals surface area contributed by atoms with E-state index in [0.717, 1.165) is 31.5 Å². The van der Waals surface area contributed by atoms with Gasteiger partial charge in [-0.3, -0.25) is 4.98 Å². The van der Waals surface area contributed by atoms with Crippen LogP contribution in [0.4, 0.5) is 22.0 Å². The summed E-state index contributed by atoms with van der Waals surface area (Å²) >= 11 is 0. The van der Waals surface area contributed by atoms with Gasteiger partial charge in [0.25, 0.3) is 0 Å². The molecule has 8 heteroatoms. The minimum Gasteiger partial charge on any atom is -0.496 e. The zero-order valence-corrected chi connectivity index (χ0v) is 11.8. The van der Waals surface area contributed by atoms with Crippen LogP contribution in [0.1, 0.15) is 11.1 Å². The van der Waals surface area contributed by atoms with Gasteiger partial charge in [-0.15, -0.1) is 0 Å². The molecule has 1 heterocycles. The first-order valence-electron chi connectivity index (χ1n) is 6.37. The van der Waals surface area contributed by atoms with Crippen molar-refractivity contribution in [3.8, 4) is 5.75 Å². The quantitative estimate of drug-likeness (QED) is 0.871. The highest BCUT2D eigenvalue weighted by Gasteiger charge is 2.71. The molecule has 0 saturated carbocycles. The first-order chi connectivity index (χ1) is 10.7. The molecule has 0 aliphatic carbocycles. The summed E-state index contributed by atoms with van der Waals surface area (Å²) in [4.78, 5) is 3.53. The number of halogens is 5. The number of aromatic nitrogens is 1. The summed E-state index contributed by atoms with van der Waals surface area (Å²) in [6.07, 6.45) is -4.04. The second-order valence-corrected chi connectivity index (χ2v) is 4.72. The first-order valence-corrected chi connectivity index (χ1v) is 6.37. The van der Waals surface area contributed by atoms with Crippen molar-refractivity contribution in [3.63, 3.8) is 0 Å². The van der Waals surface area contributed by atoms with Crippen LogP contribution in [0.2, 0.25) is 0 Å². The number of rotatable bonds is 4. The predicted octanol–water partition coefficient (Wildman–Crippen LogP) is 3.52. The zero-order chi connectivity index (χ0) is 17.3. The van der Waals surface area contributed by atoms with Gasteiger partial charge in [0.15, 0.2) is 5.60 Å². The number of nitrogens with zero attached hydrogens (tertiary/aromatic N) is 1. The molecule has 0 radical (unpaired) electrons. The lowest BCUT2D eigenvalue weighted by Gasteiger charge is -2.37. The van der Waals surface area contributed by atoms with E-state index >= 15 is 0 Å². The minimum atomic E-state index is -5.99. The van der Waals surface area contributed by atoms with Gasteiger partial charge in [-0.25, -0.2) is 0 Å². The smallest absolute Gasteiger partial charge is 0.457 e. The molecule has 2 aromatic rings. The molecule has 0 saturated heterocycles. The van der Waals surface area contributed by atoms with Crippen LogP contribution in [0.3, 0.4) is 0 Å². The lowest BCUT2D eigenvalue weighted by molar-refractivity contribution is -0.336. The third kappa shape index (κ3) is 2.63. The van der Waals surface area contributed by atoms with Gasteiger partial charge in [-0.2, -0.15) is 22.0 Å². The fourth-order valence-corrected chi connectivity index (χ4v) is 2.23. The van der Waals surface area contributed by atoms with Crippen molar-refractivity contribution in [1.29, 1.82) is 0 Å². The van der Waals surface area contributed by atoms with Crippen molar-refractivity contribution in [2.24, 2.45) is 0 Å². The SMILES string of the molecule is COc1ccccc1C(O)(c1cccnc1)C(F)(F)C(F)(F)F. The van der Waals surface area contributed by atoms with E-state index in [1.165, 1.54) is 24.4 Å². The van der Waals surface area contributed by atoms with Gasteiger partial charge in [0.05, 0.1) is 7.11 Å². The van der Waals surface area contributed by atoms with Gasteiger partial charge in [0.2, 0.25) is 0 Å². The van der Waals surface area contributed by atoms with Crippen LogP contribution in [0.5, 0.6) is 5.75 Å². The molecule has 1 atom stereocenters. The highest BCUT2D eigenvalue weighted by Crippen LogP contribution is 2.53. The van der Waals surface area contributed by atoms with Crippen molar-refractivity contribution in [2.45, 2.75) is 17.7 Å². The van der Waals surface area contributed by atoms with E-state index in [1.54, 1.807) is 0 Å². The van der Waals surface area contributed by atoms with Crippen LogP contribution in [0.25, 0.3) is 0 Å². The fourth-order valence-electron chi connectivity index (χ4n) is 2.23. The maximum absolute atomic E-state index is 14.2. The first kappa shape index (κ1) is 17.1. The Hall–Kier alpha value is -2.22. The van der Waals surface area contributed by atoms with Gasteiger partial charge in [0, 0.05) is 23.5 Å². The highest BCUT2D eigenvalue weighted by atomic mass is 19.4. The molecule has 0 amide bonds. The standard InChI is InChI=1S/C15H12F5NO2/c1-23-12-7-3-2-6-11(12)13(22,10-5-4-8-21-9-10)14(16,17)15(18,19)20/h2-9,22H,1H3. The van der Waals surface area contributed by atoms with Gasteiger partial charge < -0.3 is 9.84 Å². The maximum atomic E-state index is 14.2. The van der Waals surface area contributed by atoms with Crippen molar-refractivity contribution >= 4 is 0 Å². The van der Waals surface area contributed by atoms with E-state index in [0.29, 0.717) is 0 Å². The molecule has 2 rings (SSSR count). The second-order valence-electron chi connectivity index (χ2n) is 4.72. The average Bonchev–Trinajstić information content (AvgIpc) is 2.53. The van der Waals surface area contributed by atoms with Crippen LogP contribution in [-0.4, -0.2) is 29.3 Å². The van der Waals surface area contributed by atoms with Crippen molar-refractivity contribution in [2.75, 3.05) is 7.11 Å². The summed E-state index contributed by atoms with van der Waals surface area (Å²) in [5, 5.41) is 10.5. The Morgan fingerprint density at radius 2 is 1.65 bits per heavy atom. The third-order valence-electron chi connectivity index (χ3n) is 3.39. The molecule has 124 valence electrons. The van der Waals surface area contributed by atoms with E-state index in [9.17, 15) is 27.1 Å². The summed E-state index contributed by atoms with van der Waals surface area (Å²) in [5.74, 6) is -5.78. The third-order valence-corrected chi connectivity index (χ3v) is 3.39. The number of para-hydroxylation sites is 1. The topological polar surface area (TPSA) is 42.4 Å². The molecule has 0 aliphatic heterocycles. The summed E-state index contributed by atoms with van der Waals surface area (Å²) in [5.41, 5.74) is -5.10. The van der Waals surface area contributed by atoms with Gasteiger partial charge >= 0.3 is 12.1 Å². The lowest BCUT2D eigenvalue weighted by atomic mass is 9.80. The molecule has 1 unspecified atom stereocenters. The number of pyridine rings is 1. The molecule has 1 aromatic carbocycles. The Bertz CT molecular complexity index is 675. The van der Waals surface area contributed by atoms with Crippen LogP contribution in [-0.2, 0) is 5.60 Å². The van der Waals surface area contributed by atoms with Gasteiger partial charge in [-0.05, 0) is 12.1 Å². The molecule has 1 N–H and O–H groups in total. The van der Waals surface area contributed by atoms with Crippen LogP contribution in [0.15, 0.2) is 48.8 Å². The van der Waals surface area contributed by atoms with Crippen molar-refractivity contribution in [3.05, 3.63) is 59.9 Å². The highest BCUT2D eigenvalue weighted by molar-refractivity contribution is 5.46. The summed E-state index contributed by atoms with van der Waals surface area (Å²) < 4.78 is 72.2. The van der Waals surface area contributed by atoms with Crippen LogP contribution in [0, 0.1) is 0 Å². The molecule has 1 aromatic heterocycles. The fraction of sp³-hybridized carbons (Fsp3) is 0.267. The number of alkyl halides is 5. The van der Waals surface area contributed by atoms with E-state index < -0.39 is 28.8 Å². The molecular formula is C15H12F5NO2. The Morgan fingerprint density at radius 1 is 1.00 bits per heavy atom. The van der Waals surface area contributed by atoms with E-state index in [-0.39, 0.29) is 5.75 Å². The largest absolute Gasteiger partial charge is 0.496 e. The Kier molecular flexibility index (Phi) is 4.30. The maximum Gasteiger partial charge on any atom is 0.457 e. The average molecular weight is 333 g/mol. The molecule has 0 bridgehead atoms. The molecule has 23 heavy (non-hydrogen) atoms. The molecule has 0 fully saturated rings. The second kappa shape index (κ2) is 5.77. The summed E-state index contributed by atoms with van der Waals surface area (Å²) in [6.45, 7) is 0. The number of ether oxygens (including phenoxy) is 1. The summed E-state index contributed by atoms with van der Waals surface area (Å²) in [6, 6.07) is 6.85. The predicted molar refractivity (Wildman–Crippen MR) is 71.2 cm³/mol. The van der Waals surface area contributed by atoms with Crippen LogP contribution < -0.4 is 4.74 Å². The van der Waals surface area contributed by atoms with E-state index in [4.69, 9.17) is 4.74 Å². The molecule has 0 spiro atoms. The number of benzene rings is 1. The molecule has 3 nitrogen and oxygen atoms in total. The number of methoxy groups -OCH3 is 1. The molecular weight excluding hydrogens is 321 g/mol.